The molecule has 0 bridgehead atoms. The lowest BCUT2D eigenvalue weighted by molar-refractivity contribution is 0.265. The minimum absolute atomic E-state index is 0.0334. The van der Waals surface area contributed by atoms with Crippen LogP contribution in [0.15, 0.2) is 38.4 Å². The molecule has 0 unspecified atom stereocenters. The summed E-state index contributed by atoms with van der Waals surface area (Å²) in [6.07, 6.45) is 1.40. The number of thioether (sulfide) groups is 1. The molecule has 1 aliphatic heterocycles. The molecular weight excluding hydrogens is 278 g/mol. The lowest BCUT2D eigenvalue weighted by atomic mass is 10.1. The second-order valence-electron chi connectivity index (χ2n) is 4.10. The van der Waals surface area contributed by atoms with Crippen molar-refractivity contribution in [2.45, 2.75) is 0 Å². The number of amides is 1. The Kier molecular flexibility index (Phi) is 2.83. The lowest BCUT2D eigenvalue weighted by Gasteiger charge is -2.03. The summed E-state index contributed by atoms with van der Waals surface area (Å²) in [4.78, 5) is 23.9. The molecule has 1 aromatic heterocycles. The second kappa shape index (κ2) is 4.53. The standard InChI is InChI=1S/C13H9N3O3S/c14-11-9(20-13(18)16-11)5-7-10(17)6-3-1-2-4-8(6)19-12(7)15/h1-5H,15H2,(H2,14,16,18). The lowest BCUT2D eigenvalue weighted by Crippen LogP contribution is -2.17. The van der Waals surface area contributed by atoms with E-state index in [0.29, 0.717) is 15.9 Å². The highest BCUT2D eigenvalue weighted by Crippen LogP contribution is 2.27. The Morgan fingerprint density at radius 3 is 2.75 bits per heavy atom. The summed E-state index contributed by atoms with van der Waals surface area (Å²) in [6.45, 7) is 0. The minimum Gasteiger partial charge on any atom is -0.440 e. The van der Waals surface area contributed by atoms with Crippen LogP contribution in [0, 0.1) is 5.41 Å². The van der Waals surface area contributed by atoms with E-state index in [-0.39, 0.29) is 28.0 Å². The zero-order valence-electron chi connectivity index (χ0n) is 10.1. The first-order valence-corrected chi connectivity index (χ1v) is 6.48. The van der Waals surface area contributed by atoms with Gasteiger partial charge in [-0.15, -0.1) is 0 Å². The molecule has 0 saturated carbocycles. The van der Waals surface area contributed by atoms with Crippen molar-refractivity contribution in [1.82, 2.24) is 5.32 Å². The number of fused-ring (bicyclic) bond motifs is 1. The number of para-hydroxylation sites is 1. The summed E-state index contributed by atoms with van der Waals surface area (Å²) in [5, 5.41) is 9.97. The first kappa shape index (κ1) is 12.5. The van der Waals surface area contributed by atoms with E-state index in [4.69, 9.17) is 15.6 Å². The molecule has 6 nitrogen and oxygen atoms in total. The van der Waals surface area contributed by atoms with Crippen molar-refractivity contribution in [3.8, 4) is 0 Å². The van der Waals surface area contributed by atoms with Gasteiger partial charge in [0.05, 0.1) is 15.9 Å². The van der Waals surface area contributed by atoms with Crippen LogP contribution < -0.4 is 16.5 Å². The van der Waals surface area contributed by atoms with Crippen LogP contribution in [0.25, 0.3) is 17.0 Å². The SMILES string of the molecule is N=C1NC(=O)SC1=Cc1c(N)oc2ccccc2c1=O. The van der Waals surface area contributed by atoms with E-state index in [1.807, 2.05) is 0 Å². The number of nitrogen functional groups attached to an aromatic ring is 1. The summed E-state index contributed by atoms with van der Waals surface area (Å²) in [7, 11) is 0. The van der Waals surface area contributed by atoms with Crippen LogP contribution in [0.2, 0.25) is 0 Å². The first-order valence-electron chi connectivity index (χ1n) is 5.67. The van der Waals surface area contributed by atoms with Crippen molar-refractivity contribution < 1.29 is 9.21 Å². The number of carbonyl (C=O) groups is 1. The maximum absolute atomic E-state index is 12.4. The van der Waals surface area contributed by atoms with Gasteiger partial charge in [0.15, 0.2) is 0 Å². The summed E-state index contributed by atoms with van der Waals surface area (Å²) in [5.74, 6) is -0.0825. The quantitative estimate of drug-likeness (QED) is 0.744. The van der Waals surface area contributed by atoms with Gasteiger partial charge in [0, 0.05) is 0 Å². The fourth-order valence-electron chi connectivity index (χ4n) is 1.88. The Labute approximate surface area is 117 Å². The third-order valence-corrected chi connectivity index (χ3v) is 3.64. The van der Waals surface area contributed by atoms with Gasteiger partial charge in [-0.05, 0) is 30.0 Å². The van der Waals surface area contributed by atoms with E-state index in [9.17, 15) is 9.59 Å². The predicted octanol–water partition coefficient (Wildman–Crippen LogP) is 2.15. The molecule has 1 fully saturated rings. The number of amidine groups is 1. The molecule has 4 N–H and O–H groups in total. The molecule has 1 amide bonds. The van der Waals surface area contributed by atoms with Gasteiger partial charge in [-0.3, -0.25) is 15.0 Å². The van der Waals surface area contributed by atoms with Crippen LogP contribution in [-0.4, -0.2) is 11.1 Å². The number of nitrogens with two attached hydrogens (primary N) is 1. The topological polar surface area (TPSA) is 109 Å². The summed E-state index contributed by atoms with van der Waals surface area (Å²) < 4.78 is 5.39. The van der Waals surface area contributed by atoms with Gasteiger partial charge in [0.1, 0.15) is 11.4 Å². The number of carbonyl (C=O) groups excluding carboxylic acids is 1. The molecule has 0 spiro atoms. The maximum Gasteiger partial charge on any atom is 0.289 e. The molecule has 1 aliphatic rings. The van der Waals surface area contributed by atoms with Gasteiger partial charge in [-0.2, -0.15) is 0 Å². The van der Waals surface area contributed by atoms with Crippen molar-refractivity contribution in [1.29, 1.82) is 5.41 Å². The van der Waals surface area contributed by atoms with Crippen molar-refractivity contribution in [3.05, 3.63) is 45.0 Å². The molecule has 1 aromatic carbocycles. The fraction of sp³-hybridized carbons (Fsp3) is 0. The van der Waals surface area contributed by atoms with Crippen LogP contribution in [0.5, 0.6) is 0 Å². The third-order valence-electron chi connectivity index (χ3n) is 2.81. The molecule has 0 radical (unpaired) electrons. The number of hydrogen-bond acceptors (Lipinski definition) is 6. The van der Waals surface area contributed by atoms with E-state index in [1.165, 1.54) is 6.08 Å². The van der Waals surface area contributed by atoms with E-state index in [1.54, 1.807) is 24.3 Å². The van der Waals surface area contributed by atoms with Crippen molar-refractivity contribution in [2.24, 2.45) is 0 Å². The highest BCUT2D eigenvalue weighted by Gasteiger charge is 2.23. The van der Waals surface area contributed by atoms with Gasteiger partial charge in [0.2, 0.25) is 11.3 Å². The number of rotatable bonds is 1. The van der Waals surface area contributed by atoms with E-state index < -0.39 is 0 Å². The Bertz CT molecular complexity index is 838. The Morgan fingerprint density at radius 1 is 1.30 bits per heavy atom. The molecule has 7 heteroatoms. The largest absolute Gasteiger partial charge is 0.440 e. The highest BCUT2D eigenvalue weighted by atomic mass is 32.2. The molecule has 3 rings (SSSR count). The molecule has 20 heavy (non-hydrogen) atoms. The highest BCUT2D eigenvalue weighted by molar-refractivity contribution is 8.18. The Morgan fingerprint density at radius 2 is 2.05 bits per heavy atom. The first-order chi connectivity index (χ1) is 9.56. The molecule has 1 saturated heterocycles. The second-order valence-corrected chi connectivity index (χ2v) is 5.12. The van der Waals surface area contributed by atoms with Crippen molar-refractivity contribution in [3.63, 3.8) is 0 Å². The summed E-state index contributed by atoms with van der Waals surface area (Å²) in [5.41, 5.74) is 6.01. The van der Waals surface area contributed by atoms with Crippen LogP contribution in [0.4, 0.5) is 10.7 Å². The van der Waals surface area contributed by atoms with Gasteiger partial charge in [-0.1, -0.05) is 12.1 Å². The van der Waals surface area contributed by atoms with Crippen LogP contribution in [0.1, 0.15) is 5.56 Å². The van der Waals surface area contributed by atoms with E-state index in [0.717, 1.165) is 11.8 Å². The van der Waals surface area contributed by atoms with Crippen molar-refractivity contribution in [2.75, 3.05) is 5.73 Å². The smallest absolute Gasteiger partial charge is 0.289 e. The van der Waals surface area contributed by atoms with Gasteiger partial charge >= 0.3 is 0 Å². The van der Waals surface area contributed by atoms with E-state index in [2.05, 4.69) is 5.32 Å². The van der Waals surface area contributed by atoms with Crippen molar-refractivity contribution >= 4 is 45.8 Å². The van der Waals surface area contributed by atoms with Gasteiger partial charge in [0.25, 0.3) is 5.24 Å². The number of benzene rings is 1. The molecule has 2 heterocycles. The van der Waals surface area contributed by atoms with Gasteiger partial charge < -0.3 is 15.5 Å². The molecule has 2 aromatic rings. The van der Waals surface area contributed by atoms with Crippen LogP contribution >= 0.6 is 11.8 Å². The molecular formula is C13H9N3O3S. The normalized spacial score (nSPS) is 16.9. The molecule has 100 valence electrons. The monoisotopic (exact) mass is 287 g/mol. The zero-order valence-corrected chi connectivity index (χ0v) is 10.9. The Hall–Kier alpha value is -2.54. The minimum atomic E-state index is -0.356. The Balaban J connectivity index is 2.22. The van der Waals surface area contributed by atoms with Crippen LogP contribution in [-0.2, 0) is 0 Å². The zero-order chi connectivity index (χ0) is 14.3. The van der Waals surface area contributed by atoms with Crippen LogP contribution in [0.3, 0.4) is 0 Å². The number of nitrogens with one attached hydrogen (secondary N) is 2. The average molecular weight is 287 g/mol. The average Bonchev–Trinajstić information content (AvgIpc) is 2.73. The molecule has 0 aliphatic carbocycles. The predicted molar refractivity (Wildman–Crippen MR) is 78.7 cm³/mol. The summed E-state index contributed by atoms with van der Waals surface area (Å²) in [6, 6.07) is 6.76. The fourth-order valence-corrected chi connectivity index (χ4v) is 2.57. The maximum atomic E-state index is 12.4. The third kappa shape index (κ3) is 1.97. The number of hydrogen-bond donors (Lipinski definition) is 3. The number of anilines is 1. The van der Waals surface area contributed by atoms with Gasteiger partial charge in [-0.25, -0.2) is 0 Å². The summed E-state index contributed by atoms with van der Waals surface area (Å²) >= 11 is 0.842. The molecule has 0 atom stereocenters. The van der Waals surface area contributed by atoms with E-state index >= 15 is 0 Å².